The summed E-state index contributed by atoms with van der Waals surface area (Å²) in [5.74, 6) is 0. The topological polar surface area (TPSA) is 58.7 Å². The zero-order valence-electron chi connectivity index (χ0n) is 13.5. The highest BCUT2D eigenvalue weighted by Crippen LogP contribution is 2.31. The summed E-state index contributed by atoms with van der Waals surface area (Å²) < 4.78 is 1.55. The number of hydrogen-bond acceptors (Lipinski definition) is 4. The van der Waals surface area contributed by atoms with Crippen molar-refractivity contribution in [2.75, 3.05) is 0 Å². The molecular formula is C20H12ClN3OS. The van der Waals surface area contributed by atoms with Crippen molar-refractivity contribution in [1.82, 2.24) is 9.55 Å². The van der Waals surface area contributed by atoms with Gasteiger partial charge >= 0.3 is 0 Å². The number of nitrogens with zero attached hydrogens (tertiary/aromatic N) is 3. The molecule has 0 saturated carbocycles. The van der Waals surface area contributed by atoms with Crippen molar-refractivity contribution < 1.29 is 0 Å². The first-order valence-electron chi connectivity index (χ1n) is 7.88. The van der Waals surface area contributed by atoms with Gasteiger partial charge in [0.15, 0.2) is 0 Å². The second kappa shape index (κ2) is 6.75. The summed E-state index contributed by atoms with van der Waals surface area (Å²) in [4.78, 5) is 18.2. The van der Waals surface area contributed by atoms with Crippen LogP contribution in [0.5, 0.6) is 0 Å². The van der Waals surface area contributed by atoms with Crippen LogP contribution in [0, 0.1) is 11.3 Å². The summed E-state index contributed by atoms with van der Waals surface area (Å²) in [6.07, 6.45) is 1.54. The zero-order chi connectivity index (χ0) is 18.1. The normalized spacial score (nSPS) is 10.8. The number of nitriles is 1. The summed E-state index contributed by atoms with van der Waals surface area (Å²) in [5.41, 5.74) is 3.01. The van der Waals surface area contributed by atoms with Crippen molar-refractivity contribution in [2.24, 2.45) is 0 Å². The Labute approximate surface area is 158 Å². The molecule has 0 bridgehead atoms. The third-order valence-corrected chi connectivity index (χ3v) is 5.33. The van der Waals surface area contributed by atoms with E-state index in [-0.39, 0.29) is 5.56 Å². The maximum atomic E-state index is 13.1. The van der Waals surface area contributed by atoms with E-state index in [1.807, 2.05) is 35.7 Å². The number of benzene rings is 2. The van der Waals surface area contributed by atoms with Gasteiger partial charge in [0.2, 0.25) is 0 Å². The van der Waals surface area contributed by atoms with Crippen LogP contribution in [0.4, 0.5) is 0 Å². The molecule has 0 fully saturated rings. The van der Waals surface area contributed by atoms with Gasteiger partial charge < -0.3 is 0 Å². The van der Waals surface area contributed by atoms with Crippen molar-refractivity contribution in [2.45, 2.75) is 6.54 Å². The lowest BCUT2D eigenvalue weighted by Gasteiger charge is -2.08. The van der Waals surface area contributed by atoms with Gasteiger partial charge in [0.05, 0.1) is 29.9 Å². The fourth-order valence-electron chi connectivity index (χ4n) is 2.87. The smallest absolute Gasteiger partial charge is 0.263 e. The highest BCUT2D eigenvalue weighted by atomic mass is 35.5. The Hall–Kier alpha value is -2.94. The molecule has 0 unspecified atom stereocenters. The molecule has 126 valence electrons. The first-order valence-corrected chi connectivity index (χ1v) is 9.13. The summed E-state index contributed by atoms with van der Waals surface area (Å²) >= 11 is 7.40. The Morgan fingerprint density at radius 3 is 2.69 bits per heavy atom. The van der Waals surface area contributed by atoms with Gasteiger partial charge in [0.25, 0.3) is 5.56 Å². The van der Waals surface area contributed by atoms with E-state index in [2.05, 4.69) is 11.1 Å². The van der Waals surface area contributed by atoms with Crippen LogP contribution in [0.3, 0.4) is 0 Å². The Morgan fingerprint density at radius 2 is 1.92 bits per heavy atom. The lowest BCUT2D eigenvalue weighted by atomic mass is 10.1. The molecule has 0 atom stereocenters. The monoisotopic (exact) mass is 377 g/mol. The second-order valence-corrected chi connectivity index (χ2v) is 7.08. The minimum atomic E-state index is -0.117. The van der Waals surface area contributed by atoms with E-state index in [0.717, 1.165) is 16.7 Å². The van der Waals surface area contributed by atoms with Gasteiger partial charge in [-0.1, -0.05) is 41.9 Å². The lowest BCUT2D eigenvalue weighted by Crippen LogP contribution is -2.21. The number of hydrogen-bond donors (Lipinski definition) is 0. The summed E-state index contributed by atoms with van der Waals surface area (Å²) in [7, 11) is 0. The van der Waals surface area contributed by atoms with E-state index in [1.165, 1.54) is 11.3 Å². The van der Waals surface area contributed by atoms with E-state index in [1.54, 1.807) is 29.1 Å². The molecule has 0 spiro atoms. The van der Waals surface area contributed by atoms with Gasteiger partial charge in [0, 0.05) is 16.0 Å². The van der Waals surface area contributed by atoms with Gasteiger partial charge in [0.1, 0.15) is 4.83 Å². The van der Waals surface area contributed by atoms with Crippen LogP contribution in [0.15, 0.2) is 65.0 Å². The van der Waals surface area contributed by atoms with Gasteiger partial charge in [-0.25, -0.2) is 4.98 Å². The maximum Gasteiger partial charge on any atom is 0.263 e. The molecule has 6 heteroatoms. The van der Waals surface area contributed by atoms with Gasteiger partial charge in [-0.15, -0.1) is 11.3 Å². The molecular weight excluding hydrogens is 366 g/mol. The highest BCUT2D eigenvalue weighted by molar-refractivity contribution is 7.17. The highest BCUT2D eigenvalue weighted by Gasteiger charge is 2.14. The lowest BCUT2D eigenvalue weighted by molar-refractivity contribution is 0.748. The van der Waals surface area contributed by atoms with Crippen molar-refractivity contribution in [3.05, 3.63) is 86.7 Å². The van der Waals surface area contributed by atoms with E-state index in [0.29, 0.717) is 27.3 Å². The molecule has 0 aliphatic carbocycles. The van der Waals surface area contributed by atoms with E-state index in [9.17, 15) is 10.1 Å². The van der Waals surface area contributed by atoms with Gasteiger partial charge in [-0.3, -0.25) is 9.36 Å². The minimum Gasteiger partial charge on any atom is -0.294 e. The first kappa shape index (κ1) is 16.5. The molecule has 0 aliphatic rings. The Bertz CT molecular complexity index is 1200. The summed E-state index contributed by atoms with van der Waals surface area (Å²) in [6.45, 7) is 0.307. The van der Waals surface area contributed by atoms with E-state index < -0.39 is 0 Å². The molecule has 4 nitrogen and oxygen atoms in total. The molecule has 2 aromatic heterocycles. The Balaban J connectivity index is 1.84. The third-order valence-electron chi connectivity index (χ3n) is 4.19. The first-order chi connectivity index (χ1) is 12.7. The molecule has 0 N–H and O–H groups in total. The molecule has 4 aromatic rings. The van der Waals surface area contributed by atoms with Crippen LogP contribution in [0.2, 0.25) is 5.02 Å². The van der Waals surface area contributed by atoms with Crippen molar-refractivity contribution in [3.8, 4) is 17.2 Å². The number of rotatable bonds is 3. The average molecular weight is 378 g/mol. The van der Waals surface area contributed by atoms with Crippen LogP contribution in [0.25, 0.3) is 21.3 Å². The van der Waals surface area contributed by atoms with Crippen molar-refractivity contribution >= 4 is 33.2 Å². The van der Waals surface area contributed by atoms with Crippen LogP contribution in [-0.4, -0.2) is 9.55 Å². The molecule has 2 heterocycles. The standard InChI is InChI=1S/C20H12ClN3OS/c21-16-7-5-13(6-8-16)17-11-26-19-18(17)20(25)24(12-23-19)10-15-4-2-1-3-14(15)9-22/h1-8,11-12H,10H2. The molecule has 0 radical (unpaired) electrons. The number of thiophene rings is 1. The molecule has 0 aliphatic heterocycles. The van der Waals surface area contributed by atoms with Crippen LogP contribution in [-0.2, 0) is 6.54 Å². The molecule has 0 amide bonds. The van der Waals surface area contributed by atoms with Crippen molar-refractivity contribution in [1.29, 1.82) is 5.26 Å². The molecule has 0 saturated heterocycles. The molecule has 4 rings (SSSR count). The van der Waals surface area contributed by atoms with Crippen molar-refractivity contribution in [3.63, 3.8) is 0 Å². The average Bonchev–Trinajstić information content (AvgIpc) is 3.10. The number of halogens is 1. The largest absolute Gasteiger partial charge is 0.294 e. The van der Waals surface area contributed by atoms with Gasteiger partial charge in [-0.2, -0.15) is 5.26 Å². The Morgan fingerprint density at radius 1 is 1.15 bits per heavy atom. The summed E-state index contributed by atoms with van der Waals surface area (Å²) in [6, 6.07) is 16.8. The zero-order valence-corrected chi connectivity index (χ0v) is 15.1. The quantitative estimate of drug-likeness (QED) is 0.520. The predicted octanol–water partition coefficient (Wildman–Crippen LogP) is 4.70. The van der Waals surface area contributed by atoms with Gasteiger partial charge in [-0.05, 0) is 29.3 Å². The fraction of sp³-hybridized carbons (Fsp3) is 0.0500. The third kappa shape index (κ3) is 2.90. The number of aromatic nitrogens is 2. The van der Waals surface area contributed by atoms with E-state index >= 15 is 0 Å². The molecule has 26 heavy (non-hydrogen) atoms. The molecule has 2 aromatic carbocycles. The fourth-order valence-corrected chi connectivity index (χ4v) is 3.91. The number of fused-ring (bicyclic) bond motifs is 1. The maximum absolute atomic E-state index is 13.1. The van der Waals surface area contributed by atoms with Crippen LogP contribution in [0.1, 0.15) is 11.1 Å². The minimum absolute atomic E-state index is 0.117. The second-order valence-electron chi connectivity index (χ2n) is 5.78. The van der Waals surface area contributed by atoms with Crippen LogP contribution >= 0.6 is 22.9 Å². The Kier molecular flexibility index (Phi) is 4.29. The predicted molar refractivity (Wildman–Crippen MR) is 105 cm³/mol. The SMILES string of the molecule is N#Cc1ccccc1Cn1cnc2scc(-c3ccc(Cl)cc3)c2c1=O. The van der Waals surface area contributed by atoms with E-state index in [4.69, 9.17) is 11.6 Å². The van der Waals surface area contributed by atoms with Crippen LogP contribution < -0.4 is 5.56 Å². The summed E-state index contributed by atoms with van der Waals surface area (Å²) in [5, 5.41) is 12.4.